The Morgan fingerprint density at radius 1 is 0.912 bits per heavy atom. The average Bonchev–Trinajstić information content (AvgIpc) is 2.87. The largest absolute Gasteiger partial charge is 0.497 e. The first-order valence-corrected chi connectivity index (χ1v) is 11.4. The lowest BCUT2D eigenvalue weighted by molar-refractivity contribution is 0.370. The lowest BCUT2D eigenvalue weighted by Crippen LogP contribution is -2.39. The Bertz CT molecular complexity index is 1340. The maximum absolute atomic E-state index is 12.9. The van der Waals surface area contributed by atoms with E-state index in [1.807, 2.05) is 83.8 Å². The third kappa shape index (κ3) is 5.55. The molecule has 0 radical (unpaired) electrons. The molecule has 0 saturated heterocycles. The van der Waals surface area contributed by atoms with Crippen molar-refractivity contribution >= 4 is 28.2 Å². The number of hydrogen-bond donors (Lipinski definition) is 2. The van der Waals surface area contributed by atoms with Crippen LogP contribution < -0.4 is 20.3 Å². The molecule has 1 aromatic heterocycles. The number of thiocarbonyl (C=S) groups is 1. The molecule has 174 valence electrons. The van der Waals surface area contributed by atoms with Crippen LogP contribution in [0.2, 0.25) is 0 Å². The smallest absolute Gasteiger partial charge is 0.253 e. The monoisotopic (exact) mass is 473 g/mol. The van der Waals surface area contributed by atoms with Gasteiger partial charge in [0.25, 0.3) is 5.56 Å². The van der Waals surface area contributed by atoms with Gasteiger partial charge in [0.1, 0.15) is 11.5 Å². The van der Waals surface area contributed by atoms with Crippen LogP contribution in [0.1, 0.15) is 16.7 Å². The van der Waals surface area contributed by atoms with E-state index >= 15 is 0 Å². The standard InChI is InChI=1S/C27H27N3O3S/c1-32-23-13-12-20-14-22(26(31)29-24(20)15-23)18-30(17-21-10-6-7-11-25(21)33-2)27(34)28-16-19-8-4-3-5-9-19/h3-15H,16-18H2,1-2H3,(H,28,34)(H,29,31). The molecule has 2 N–H and O–H groups in total. The van der Waals surface area contributed by atoms with Crippen molar-refractivity contribution in [3.05, 3.63) is 106 Å². The van der Waals surface area contributed by atoms with Gasteiger partial charge < -0.3 is 24.7 Å². The van der Waals surface area contributed by atoms with Gasteiger partial charge in [-0.25, -0.2) is 0 Å². The van der Waals surface area contributed by atoms with Crippen molar-refractivity contribution in [2.24, 2.45) is 0 Å². The topological polar surface area (TPSA) is 66.6 Å². The molecule has 7 heteroatoms. The summed E-state index contributed by atoms with van der Waals surface area (Å²) in [6, 6.07) is 25.4. The molecule has 3 aromatic carbocycles. The maximum atomic E-state index is 12.9. The van der Waals surface area contributed by atoms with E-state index < -0.39 is 0 Å². The summed E-state index contributed by atoms with van der Waals surface area (Å²) in [7, 11) is 3.25. The second-order valence-electron chi connectivity index (χ2n) is 7.89. The van der Waals surface area contributed by atoms with E-state index in [0.29, 0.717) is 36.1 Å². The lowest BCUT2D eigenvalue weighted by Gasteiger charge is -2.27. The van der Waals surface area contributed by atoms with Gasteiger partial charge in [-0.3, -0.25) is 4.79 Å². The van der Waals surface area contributed by atoms with Gasteiger partial charge in [0.05, 0.1) is 26.3 Å². The van der Waals surface area contributed by atoms with Crippen LogP contribution >= 0.6 is 12.2 Å². The average molecular weight is 474 g/mol. The molecule has 1 heterocycles. The predicted molar refractivity (Wildman–Crippen MR) is 139 cm³/mol. The number of methoxy groups -OCH3 is 2. The summed E-state index contributed by atoms with van der Waals surface area (Å²) in [6.07, 6.45) is 0. The number of nitrogens with one attached hydrogen (secondary N) is 2. The summed E-state index contributed by atoms with van der Waals surface area (Å²) in [5.74, 6) is 1.47. The molecule has 0 spiro atoms. The molecule has 4 aromatic rings. The molecule has 0 bridgehead atoms. The number of benzene rings is 3. The van der Waals surface area contributed by atoms with Crippen LogP contribution in [0.5, 0.6) is 11.5 Å². The van der Waals surface area contributed by atoms with E-state index in [1.54, 1.807) is 14.2 Å². The van der Waals surface area contributed by atoms with Gasteiger partial charge in [-0.05, 0) is 47.4 Å². The fraction of sp³-hybridized carbons (Fsp3) is 0.185. The van der Waals surface area contributed by atoms with E-state index in [1.165, 1.54) is 0 Å². The molecule has 34 heavy (non-hydrogen) atoms. The number of H-pyrrole nitrogens is 1. The van der Waals surface area contributed by atoms with Crippen LogP contribution in [0, 0.1) is 0 Å². The molecule has 0 amide bonds. The van der Waals surface area contributed by atoms with Gasteiger partial charge in [-0.15, -0.1) is 0 Å². The molecule has 0 saturated carbocycles. The molecule has 4 rings (SSSR count). The highest BCUT2D eigenvalue weighted by Crippen LogP contribution is 2.22. The zero-order valence-electron chi connectivity index (χ0n) is 19.2. The molecule has 6 nitrogen and oxygen atoms in total. The summed E-state index contributed by atoms with van der Waals surface area (Å²) >= 11 is 5.77. The highest BCUT2D eigenvalue weighted by atomic mass is 32.1. The van der Waals surface area contributed by atoms with Crippen molar-refractivity contribution < 1.29 is 9.47 Å². The van der Waals surface area contributed by atoms with E-state index in [4.69, 9.17) is 21.7 Å². The first-order chi connectivity index (χ1) is 16.6. The van der Waals surface area contributed by atoms with Crippen LogP contribution in [0.3, 0.4) is 0 Å². The number of aromatic amines is 1. The van der Waals surface area contributed by atoms with Crippen molar-refractivity contribution in [1.29, 1.82) is 0 Å². The highest BCUT2D eigenvalue weighted by Gasteiger charge is 2.16. The van der Waals surface area contributed by atoms with Crippen molar-refractivity contribution in [3.8, 4) is 11.5 Å². The molecular weight excluding hydrogens is 446 g/mol. The number of para-hydroxylation sites is 1. The quantitative estimate of drug-likeness (QED) is 0.364. The minimum Gasteiger partial charge on any atom is -0.497 e. The van der Waals surface area contributed by atoms with Crippen molar-refractivity contribution in [3.63, 3.8) is 0 Å². The molecule has 0 unspecified atom stereocenters. The van der Waals surface area contributed by atoms with Crippen LogP contribution in [0.15, 0.2) is 83.7 Å². The summed E-state index contributed by atoms with van der Waals surface area (Å²) in [5, 5.41) is 4.82. The third-order valence-electron chi connectivity index (χ3n) is 5.62. The number of rotatable bonds is 8. The Kier molecular flexibility index (Phi) is 7.44. The van der Waals surface area contributed by atoms with E-state index in [0.717, 1.165) is 27.8 Å². The van der Waals surface area contributed by atoms with Crippen molar-refractivity contribution in [1.82, 2.24) is 15.2 Å². The summed E-state index contributed by atoms with van der Waals surface area (Å²) in [5.41, 5.74) is 3.30. The van der Waals surface area contributed by atoms with Gasteiger partial charge in [0.2, 0.25) is 0 Å². The zero-order valence-corrected chi connectivity index (χ0v) is 20.0. The minimum atomic E-state index is -0.156. The number of aromatic nitrogens is 1. The molecule has 0 aliphatic rings. The van der Waals surface area contributed by atoms with E-state index in [9.17, 15) is 4.79 Å². The fourth-order valence-corrected chi connectivity index (χ4v) is 4.00. The number of hydrogen-bond acceptors (Lipinski definition) is 4. The van der Waals surface area contributed by atoms with E-state index in [-0.39, 0.29) is 5.56 Å². The Labute approximate surface area is 204 Å². The second kappa shape index (κ2) is 10.9. The summed E-state index contributed by atoms with van der Waals surface area (Å²) < 4.78 is 10.8. The van der Waals surface area contributed by atoms with Gasteiger partial charge >= 0.3 is 0 Å². The summed E-state index contributed by atoms with van der Waals surface area (Å²) in [6.45, 7) is 1.43. The molecule has 0 aliphatic heterocycles. The molecular formula is C27H27N3O3S. The normalized spacial score (nSPS) is 10.6. The first-order valence-electron chi connectivity index (χ1n) is 11.0. The highest BCUT2D eigenvalue weighted by molar-refractivity contribution is 7.80. The van der Waals surface area contributed by atoms with Gasteiger partial charge in [-0.2, -0.15) is 0 Å². The molecule has 0 aliphatic carbocycles. The van der Waals surface area contributed by atoms with Gasteiger partial charge in [-0.1, -0.05) is 48.5 Å². The Balaban J connectivity index is 1.62. The van der Waals surface area contributed by atoms with Gasteiger partial charge in [0.15, 0.2) is 5.11 Å². The van der Waals surface area contributed by atoms with Crippen molar-refractivity contribution in [2.75, 3.05) is 14.2 Å². The SMILES string of the molecule is COc1ccc2cc(CN(Cc3ccccc3OC)C(=S)NCc3ccccc3)c(=O)[nH]c2c1. The predicted octanol–water partition coefficient (Wildman–Crippen LogP) is 4.62. The zero-order chi connectivity index (χ0) is 23.9. The van der Waals surface area contributed by atoms with Crippen LogP contribution in [0.25, 0.3) is 10.9 Å². The number of nitrogens with zero attached hydrogens (tertiary/aromatic N) is 1. The first kappa shape index (κ1) is 23.3. The molecule has 0 atom stereocenters. The maximum Gasteiger partial charge on any atom is 0.253 e. The number of ether oxygens (including phenoxy) is 2. The fourth-order valence-electron chi connectivity index (χ4n) is 3.80. The van der Waals surface area contributed by atoms with Crippen LogP contribution in [-0.2, 0) is 19.6 Å². The minimum absolute atomic E-state index is 0.156. The van der Waals surface area contributed by atoms with Crippen molar-refractivity contribution in [2.45, 2.75) is 19.6 Å². The Morgan fingerprint density at radius 3 is 2.41 bits per heavy atom. The lowest BCUT2D eigenvalue weighted by atomic mass is 10.1. The third-order valence-corrected chi connectivity index (χ3v) is 6.02. The second-order valence-corrected chi connectivity index (χ2v) is 8.28. The Hall–Kier alpha value is -3.84. The summed E-state index contributed by atoms with van der Waals surface area (Å²) in [4.78, 5) is 17.9. The van der Waals surface area contributed by atoms with Crippen LogP contribution in [-0.4, -0.2) is 29.2 Å². The number of fused-ring (bicyclic) bond motifs is 1. The van der Waals surface area contributed by atoms with E-state index in [2.05, 4.69) is 10.3 Å². The Morgan fingerprint density at radius 2 is 1.65 bits per heavy atom. The number of pyridine rings is 1. The molecule has 0 fully saturated rings. The van der Waals surface area contributed by atoms with Crippen LogP contribution in [0.4, 0.5) is 0 Å². The van der Waals surface area contributed by atoms with Gasteiger partial charge in [0, 0.05) is 30.3 Å².